The van der Waals surface area contributed by atoms with Gasteiger partial charge < -0.3 is 10.5 Å². The van der Waals surface area contributed by atoms with Crippen molar-refractivity contribution in [3.05, 3.63) is 11.8 Å². The van der Waals surface area contributed by atoms with E-state index in [-0.39, 0.29) is 11.3 Å². The van der Waals surface area contributed by atoms with Gasteiger partial charge >= 0.3 is 0 Å². The van der Waals surface area contributed by atoms with E-state index in [1.54, 1.807) is 0 Å². The van der Waals surface area contributed by atoms with Crippen molar-refractivity contribution < 1.29 is 9.53 Å². The fourth-order valence-electron chi connectivity index (χ4n) is 1.97. The van der Waals surface area contributed by atoms with Crippen molar-refractivity contribution in [1.82, 2.24) is 0 Å². The Morgan fingerprint density at radius 2 is 2.29 bits per heavy atom. The maximum atomic E-state index is 11.7. The molecule has 0 bridgehead atoms. The lowest BCUT2D eigenvalue weighted by atomic mass is 9.74. The lowest BCUT2D eigenvalue weighted by Gasteiger charge is -2.37. The molecule has 2 aliphatic rings. The molecule has 1 aliphatic heterocycles. The predicted octanol–water partition coefficient (Wildman–Crippen LogP) is 1.52. The van der Waals surface area contributed by atoms with Crippen molar-refractivity contribution in [2.45, 2.75) is 44.1 Å². The number of carbonyl (C=O) groups is 1. The highest BCUT2D eigenvalue weighted by molar-refractivity contribution is 5.94. The van der Waals surface area contributed by atoms with Crippen molar-refractivity contribution in [2.75, 3.05) is 6.61 Å². The van der Waals surface area contributed by atoms with Crippen LogP contribution < -0.4 is 5.73 Å². The molecule has 14 heavy (non-hydrogen) atoms. The van der Waals surface area contributed by atoms with Gasteiger partial charge in [0.2, 0.25) is 0 Å². The fraction of sp³-hybridized carbons (Fsp3) is 0.727. The van der Waals surface area contributed by atoms with E-state index in [9.17, 15) is 4.79 Å². The Hall–Kier alpha value is -0.830. The zero-order valence-electron chi connectivity index (χ0n) is 8.42. The summed E-state index contributed by atoms with van der Waals surface area (Å²) in [6.45, 7) is 0.676. The van der Waals surface area contributed by atoms with Gasteiger partial charge in [-0.3, -0.25) is 4.79 Å². The van der Waals surface area contributed by atoms with Crippen molar-refractivity contribution >= 4 is 5.78 Å². The van der Waals surface area contributed by atoms with Crippen molar-refractivity contribution in [3.8, 4) is 0 Å². The quantitative estimate of drug-likeness (QED) is 0.742. The Labute approximate surface area is 84.3 Å². The molecule has 0 amide bonds. The molecule has 0 unspecified atom stereocenters. The van der Waals surface area contributed by atoms with Gasteiger partial charge in [0, 0.05) is 12.0 Å². The van der Waals surface area contributed by atoms with Gasteiger partial charge in [-0.2, -0.15) is 0 Å². The van der Waals surface area contributed by atoms with Crippen molar-refractivity contribution in [1.29, 1.82) is 0 Å². The Bertz CT molecular complexity index is 266. The number of allylic oxidation sites excluding steroid dienone is 2. The Morgan fingerprint density at radius 1 is 1.50 bits per heavy atom. The molecule has 1 aliphatic carbocycles. The van der Waals surface area contributed by atoms with Crippen LogP contribution in [0, 0.1) is 0 Å². The second-order valence-corrected chi connectivity index (χ2v) is 4.37. The highest BCUT2D eigenvalue weighted by Crippen LogP contribution is 2.33. The molecular formula is C11H17NO2. The molecule has 2 N–H and O–H groups in total. The summed E-state index contributed by atoms with van der Waals surface area (Å²) in [5.74, 6) is 0.639. The first-order valence-corrected chi connectivity index (χ1v) is 5.35. The minimum Gasteiger partial charge on any atom is -0.490 e. The van der Waals surface area contributed by atoms with E-state index in [1.807, 2.05) is 6.08 Å². The number of rotatable bonds is 3. The monoisotopic (exact) mass is 195 g/mol. The lowest BCUT2D eigenvalue weighted by molar-refractivity contribution is -0.121. The van der Waals surface area contributed by atoms with Crippen molar-refractivity contribution in [2.24, 2.45) is 5.73 Å². The van der Waals surface area contributed by atoms with E-state index in [4.69, 9.17) is 10.5 Å². The molecule has 3 nitrogen and oxygen atoms in total. The van der Waals surface area contributed by atoms with E-state index >= 15 is 0 Å². The normalized spacial score (nSPS) is 24.5. The van der Waals surface area contributed by atoms with E-state index in [0.29, 0.717) is 18.8 Å². The third-order valence-electron chi connectivity index (χ3n) is 3.07. The van der Waals surface area contributed by atoms with Crippen LogP contribution in [0.5, 0.6) is 0 Å². The van der Waals surface area contributed by atoms with Gasteiger partial charge in [0.15, 0.2) is 11.5 Å². The molecule has 0 saturated heterocycles. The molecular weight excluding hydrogens is 178 g/mol. The van der Waals surface area contributed by atoms with Crippen LogP contribution in [0.25, 0.3) is 0 Å². The maximum Gasteiger partial charge on any atom is 0.198 e. The van der Waals surface area contributed by atoms with Gasteiger partial charge in [0.25, 0.3) is 0 Å². The molecule has 0 aromatic carbocycles. The third kappa shape index (κ3) is 1.98. The minimum absolute atomic E-state index is 0.0897. The summed E-state index contributed by atoms with van der Waals surface area (Å²) in [6.07, 6.45) is 7.44. The summed E-state index contributed by atoms with van der Waals surface area (Å²) < 4.78 is 5.31. The second-order valence-electron chi connectivity index (χ2n) is 4.37. The SMILES string of the molecule is NC1(CC(=O)C2=CCCCO2)CCC1. The van der Waals surface area contributed by atoms with Crippen LogP contribution in [0.1, 0.15) is 38.5 Å². The number of nitrogens with two attached hydrogens (primary N) is 1. The summed E-state index contributed by atoms with van der Waals surface area (Å²) in [5, 5.41) is 0. The maximum absolute atomic E-state index is 11.7. The highest BCUT2D eigenvalue weighted by atomic mass is 16.5. The summed E-state index contributed by atoms with van der Waals surface area (Å²) in [7, 11) is 0. The zero-order valence-corrected chi connectivity index (χ0v) is 8.42. The zero-order chi connectivity index (χ0) is 10.0. The van der Waals surface area contributed by atoms with E-state index in [0.717, 1.165) is 32.1 Å². The van der Waals surface area contributed by atoms with Crippen LogP contribution in [0.4, 0.5) is 0 Å². The molecule has 0 spiro atoms. The highest BCUT2D eigenvalue weighted by Gasteiger charge is 2.35. The Kier molecular flexibility index (Phi) is 2.59. The number of hydrogen-bond acceptors (Lipinski definition) is 3. The van der Waals surface area contributed by atoms with Crippen LogP contribution >= 0.6 is 0 Å². The van der Waals surface area contributed by atoms with Gasteiger partial charge in [-0.25, -0.2) is 0 Å². The smallest absolute Gasteiger partial charge is 0.198 e. The Morgan fingerprint density at radius 3 is 2.79 bits per heavy atom. The molecule has 78 valence electrons. The summed E-state index contributed by atoms with van der Waals surface area (Å²) in [6, 6.07) is 0. The van der Waals surface area contributed by atoms with Gasteiger partial charge in [-0.1, -0.05) is 0 Å². The lowest BCUT2D eigenvalue weighted by Crippen LogP contribution is -2.48. The van der Waals surface area contributed by atoms with Crippen LogP contribution in [0.15, 0.2) is 11.8 Å². The van der Waals surface area contributed by atoms with Gasteiger partial charge in [0.05, 0.1) is 6.61 Å². The fourth-order valence-corrected chi connectivity index (χ4v) is 1.97. The average Bonchev–Trinajstić information content (AvgIpc) is 2.17. The predicted molar refractivity (Wildman–Crippen MR) is 53.7 cm³/mol. The molecule has 1 saturated carbocycles. The van der Waals surface area contributed by atoms with Crippen LogP contribution in [-0.4, -0.2) is 17.9 Å². The molecule has 0 aromatic heterocycles. The van der Waals surface area contributed by atoms with Crippen LogP contribution in [-0.2, 0) is 9.53 Å². The third-order valence-corrected chi connectivity index (χ3v) is 3.07. The number of ether oxygens (including phenoxy) is 1. The van der Waals surface area contributed by atoms with Gasteiger partial charge in [-0.15, -0.1) is 0 Å². The second kappa shape index (κ2) is 3.73. The standard InChI is InChI=1S/C11H17NO2/c12-11(5-3-6-11)8-9(13)10-4-1-2-7-14-10/h4H,1-3,5-8,12H2. The number of ketones is 1. The molecule has 1 fully saturated rings. The van der Waals surface area contributed by atoms with E-state index in [2.05, 4.69) is 0 Å². The van der Waals surface area contributed by atoms with Crippen molar-refractivity contribution in [3.63, 3.8) is 0 Å². The topological polar surface area (TPSA) is 52.3 Å². The number of hydrogen-bond donors (Lipinski definition) is 1. The molecule has 1 heterocycles. The molecule has 3 heteroatoms. The molecule has 0 atom stereocenters. The van der Waals surface area contributed by atoms with Crippen LogP contribution in [0.2, 0.25) is 0 Å². The molecule has 0 radical (unpaired) electrons. The summed E-state index contributed by atoms with van der Waals surface area (Å²) >= 11 is 0. The minimum atomic E-state index is -0.223. The first-order valence-electron chi connectivity index (χ1n) is 5.35. The summed E-state index contributed by atoms with van der Waals surface area (Å²) in [5.41, 5.74) is 5.78. The molecule has 2 rings (SSSR count). The van der Waals surface area contributed by atoms with Gasteiger partial charge in [0.1, 0.15) is 0 Å². The molecule has 0 aromatic rings. The summed E-state index contributed by atoms with van der Waals surface area (Å²) in [4.78, 5) is 11.7. The first kappa shape index (κ1) is 9.71. The first-order chi connectivity index (χ1) is 6.70. The van der Waals surface area contributed by atoms with Crippen LogP contribution in [0.3, 0.4) is 0 Å². The Balaban J connectivity index is 1.91. The largest absolute Gasteiger partial charge is 0.490 e. The average molecular weight is 195 g/mol. The van der Waals surface area contributed by atoms with E-state index in [1.165, 1.54) is 0 Å². The number of carbonyl (C=O) groups excluding carboxylic acids is 1. The number of Topliss-reactive ketones (excluding diaryl/α,β-unsaturated/α-hetero) is 1. The van der Waals surface area contributed by atoms with Gasteiger partial charge in [-0.05, 0) is 38.2 Å². The van der Waals surface area contributed by atoms with E-state index < -0.39 is 0 Å².